The molecule has 0 aliphatic carbocycles. The summed E-state index contributed by atoms with van der Waals surface area (Å²) in [6, 6.07) is 5.81. The Balaban J connectivity index is 2.13. The molecule has 0 bridgehead atoms. The maximum Gasteiger partial charge on any atom is 0.228 e. The molecule has 0 fully saturated rings. The molecule has 110 valence electrons. The maximum absolute atomic E-state index is 13.0. The van der Waals surface area contributed by atoms with Crippen molar-refractivity contribution >= 4 is 34.8 Å². The summed E-state index contributed by atoms with van der Waals surface area (Å²) in [7, 11) is 0. The molecule has 0 unspecified atom stereocenters. The van der Waals surface area contributed by atoms with E-state index in [1.165, 1.54) is 18.2 Å². The molecular formula is C14H9Cl2F2NO2. The Bertz CT molecular complexity index is 708. The first-order valence-electron chi connectivity index (χ1n) is 5.78. The van der Waals surface area contributed by atoms with Crippen molar-refractivity contribution in [2.24, 2.45) is 0 Å². The number of benzene rings is 2. The first kappa shape index (κ1) is 15.5. The van der Waals surface area contributed by atoms with Gasteiger partial charge in [-0.05, 0) is 29.8 Å². The lowest BCUT2D eigenvalue weighted by molar-refractivity contribution is -0.115. The molecule has 0 aliphatic rings. The van der Waals surface area contributed by atoms with Gasteiger partial charge >= 0.3 is 0 Å². The van der Waals surface area contributed by atoms with E-state index in [2.05, 4.69) is 5.32 Å². The number of carbonyl (C=O) groups excluding carboxylic acids is 1. The van der Waals surface area contributed by atoms with Crippen LogP contribution in [0.2, 0.25) is 10.0 Å². The molecule has 0 heterocycles. The van der Waals surface area contributed by atoms with Gasteiger partial charge in [-0.15, -0.1) is 0 Å². The van der Waals surface area contributed by atoms with Crippen LogP contribution >= 0.6 is 23.2 Å². The Hall–Kier alpha value is -1.85. The minimum atomic E-state index is -1.03. The van der Waals surface area contributed by atoms with Gasteiger partial charge in [-0.3, -0.25) is 4.79 Å². The molecule has 0 saturated heterocycles. The largest absolute Gasteiger partial charge is 0.504 e. The fourth-order valence-electron chi connectivity index (χ4n) is 1.69. The van der Waals surface area contributed by atoms with Crippen molar-refractivity contribution in [3.8, 4) is 5.75 Å². The van der Waals surface area contributed by atoms with E-state index in [0.29, 0.717) is 5.56 Å². The molecule has 0 aliphatic heterocycles. The van der Waals surface area contributed by atoms with Gasteiger partial charge in [0.05, 0.1) is 17.1 Å². The molecule has 2 rings (SSSR count). The summed E-state index contributed by atoms with van der Waals surface area (Å²) in [4.78, 5) is 11.8. The van der Waals surface area contributed by atoms with Crippen LogP contribution in [0.25, 0.3) is 0 Å². The van der Waals surface area contributed by atoms with Crippen LogP contribution in [0.1, 0.15) is 5.56 Å². The fraction of sp³-hybridized carbons (Fsp3) is 0.0714. The molecular weight excluding hydrogens is 323 g/mol. The number of rotatable bonds is 3. The number of nitrogens with one attached hydrogen (secondary N) is 1. The maximum atomic E-state index is 13.0. The van der Waals surface area contributed by atoms with Gasteiger partial charge in [-0.1, -0.05) is 29.3 Å². The van der Waals surface area contributed by atoms with Gasteiger partial charge in [0.15, 0.2) is 17.4 Å². The number of phenolic OH excluding ortho intramolecular Hbond substituents is 1. The van der Waals surface area contributed by atoms with Crippen LogP contribution in [-0.4, -0.2) is 11.0 Å². The van der Waals surface area contributed by atoms with E-state index in [0.717, 1.165) is 12.1 Å². The lowest BCUT2D eigenvalue weighted by atomic mass is 10.1. The number of phenols is 1. The fourth-order valence-corrected chi connectivity index (χ4v) is 2.18. The molecule has 3 nitrogen and oxygen atoms in total. The quantitative estimate of drug-likeness (QED) is 0.830. The second-order valence-electron chi connectivity index (χ2n) is 4.26. The van der Waals surface area contributed by atoms with Crippen LogP contribution in [0.4, 0.5) is 14.5 Å². The molecule has 21 heavy (non-hydrogen) atoms. The third-order valence-electron chi connectivity index (χ3n) is 2.65. The van der Waals surface area contributed by atoms with E-state index in [9.17, 15) is 18.7 Å². The van der Waals surface area contributed by atoms with E-state index in [1.54, 1.807) is 0 Å². The summed E-state index contributed by atoms with van der Waals surface area (Å²) in [5.41, 5.74) is 0.332. The molecule has 0 radical (unpaired) electrons. The highest BCUT2D eigenvalue weighted by atomic mass is 35.5. The Morgan fingerprint density at radius 3 is 2.52 bits per heavy atom. The minimum absolute atomic E-state index is 0.00868. The predicted octanol–water partition coefficient (Wildman–Crippen LogP) is 4.16. The number of hydrogen-bond acceptors (Lipinski definition) is 2. The monoisotopic (exact) mass is 331 g/mol. The lowest BCUT2D eigenvalue weighted by Gasteiger charge is -2.09. The topological polar surface area (TPSA) is 49.3 Å². The van der Waals surface area contributed by atoms with Gasteiger partial charge in [0.25, 0.3) is 0 Å². The molecule has 2 N–H and O–H groups in total. The van der Waals surface area contributed by atoms with Gasteiger partial charge in [0, 0.05) is 5.02 Å². The predicted molar refractivity (Wildman–Crippen MR) is 76.8 cm³/mol. The Kier molecular flexibility index (Phi) is 4.65. The van der Waals surface area contributed by atoms with Crippen LogP contribution in [0.15, 0.2) is 30.3 Å². The normalized spacial score (nSPS) is 10.5. The summed E-state index contributed by atoms with van der Waals surface area (Å²) in [6.45, 7) is 0. The smallest absolute Gasteiger partial charge is 0.228 e. The first-order chi connectivity index (χ1) is 9.86. The molecule has 0 spiro atoms. The first-order valence-corrected chi connectivity index (χ1v) is 6.54. The number of aromatic hydroxyl groups is 1. The summed E-state index contributed by atoms with van der Waals surface area (Å²) >= 11 is 11.5. The highest BCUT2D eigenvalue weighted by Gasteiger charge is 2.12. The molecule has 7 heteroatoms. The van der Waals surface area contributed by atoms with Gasteiger partial charge in [0.1, 0.15) is 0 Å². The highest BCUT2D eigenvalue weighted by Crippen LogP contribution is 2.35. The molecule has 0 atom stereocenters. The zero-order valence-corrected chi connectivity index (χ0v) is 12.0. The summed E-state index contributed by atoms with van der Waals surface area (Å²) < 4.78 is 25.8. The van der Waals surface area contributed by atoms with Crippen LogP contribution in [0.5, 0.6) is 5.75 Å². The van der Waals surface area contributed by atoms with Crippen LogP contribution in [0.3, 0.4) is 0 Å². The number of anilines is 1. The third kappa shape index (κ3) is 3.83. The van der Waals surface area contributed by atoms with Crippen molar-refractivity contribution in [2.45, 2.75) is 6.42 Å². The van der Waals surface area contributed by atoms with Crippen LogP contribution in [0, 0.1) is 11.6 Å². The second-order valence-corrected chi connectivity index (χ2v) is 5.10. The number of amides is 1. The van der Waals surface area contributed by atoms with E-state index < -0.39 is 17.5 Å². The van der Waals surface area contributed by atoms with Gasteiger partial charge in [-0.2, -0.15) is 0 Å². The van der Waals surface area contributed by atoms with Gasteiger partial charge in [-0.25, -0.2) is 8.78 Å². The van der Waals surface area contributed by atoms with Crippen molar-refractivity contribution in [3.05, 3.63) is 57.6 Å². The zero-order chi connectivity index (χ0) is 15.6. The molecule has 2 aromatic carbocycles. The molecule has 2 aromatic rings. The van der Waals surface area contributed by atoms with Crippen molar-refractivity contribution < 1.29 is 18.7 Å². The Morgan fingerprint density at radius 2 is 1.86 bits per heavy atom. The summed E-state index contributed by atoms with van der Waals surface area (Å²) in [6.07, 6.45) is -0.194. The van der Waals surface area contributed by atoms with Crippen molar-refractivity contribution in [1.82, 2.24) is 0 Å². The van der Waals surface area contributed by atoms with Gasteiger partial charge in [0.2, 0.25) is 5.91 Å². The van der Waals surface area contributed by atoms with Crippen molar-refractivity contribution in [3.63, 3.8) is 0 Å². The lowest BCUT2D eigenvalue weighted by Crippen LogP contribution is -2.14. The van der Waals surface area contributed by atoms with E-state index >= 15 is 0 Å². The van der Waals surface area contributed by atoms with Crippen molar-refractivity contribution in [2.75, 3.05) is 5.32 Å². The minimum Gasteiger partial charge on any atom is -0.504 e. The molecule has 1 amide bonds. The average molecular weight is 332 g/mol. The molecule has 0 saturated carbocycles. The number of halogens is 4. The Labute approximate surface area is 129 Å². The Morgan fingerprint density at radius 1 is 1.14 bits per heavy atom. The average Bonchev–Trinajstić information content (AvgIpc) is 2.39. The van der Waals surface area contributed by atoms with Crippen LogP contribution in [-0.2, 0) is 11.2 Å². The zero-order valence-electron chi connectivity index (χ0n) is 10.5. The molecule has 0 aromatic heterocycles. The van der Waals surface area contributed by atoms with Gasteiger partial charge < -0.3 is 10.4 Å². The number of carbonyl (C=O) groups is 1. The van der Waals surface area contributed by atoms with Crippen molar-refractivity contribution in [1.29, 1.82) is 0 Å². The third-order valence-corrected chi connectivity index (χ3v) is 3.16. The summed E-state index contributed by atoms with van der Waals surface area (Å²) in [5, 5.41) is 12.3. The van der Waals surface area contributed by atoms with E-state index in [4.69, 9.17) is 23.2 Å². The van der Waals surface area contributed by atoms with E-state index in [-0.39, 0.29) is 27.9 Å². The summed E-state index contributed by atoms with van der Waals surface area (Å²) in [5.74, 6) is -2.87. The standard InChI is InChI=1S/C14H9Cl2F2NO2/c15-8-5-9(16)14(21)12(6-8)19-13(20)4-7-1-2-10(17)11(18)3-7/h1-3,5-6,21H,4H2,(H,19,20). The SMILES string of the molecule is O=C(Cc1ccc(F)c(F)c1)Nc1cc(Cl)cc(Cl)c1O. The number of hydrogen-bond donors (Lipinski definition) is 2. The van der Waals surface area contributed by atoms with Crippen LogP contribution < -0.4 is 5.32 Å². The second kappa shape index (κ2) is 6.28. The van der Waals surface area contributed by atoms with E-state index in [1.807, 2.05) is 0 Å². The highest BCUT2D eigenvalue weighted by molar-refractivity contribution is 6.36.